The molecule has 38 heavy (non-hydrogen) atoms. The average Bonchev–Trinajstić information content (AvgIpc) is 2.91. The molecule has 3 aromatic carbocycles. The fourth-order valence-electron chi connectivity index (χ4n) is 4.70. The smallest absolute Gasteiger partial charge is 0.323 e. The van der Waals surface area contributed by atoms with Crippen LogP contribution in [0.3, 0.4) is 0 Å². The van der Waals surface area contributed by atoms with Crippen molar-refractivity contribution in [2.24, 2.45) is 5.92 Å². The second-order valence-electron chi connectivity index (χ2n) is 9.23. The number of nitriles is 1. The van der Waals surface area contributed by atoms with E-state index in [9.17, 15) is 14.0 Å². The third-order valence-corrected chi connectivity index (χ3v) is 6.67. The molecule has 3 amide bonds. The Labute approximate surface area is 228 Å². The quantitative estimate of drug-likeness (QED) is 0.368. The molecule has 4 rings (SSSR count). The fraction of sp³-hybridized carbons (Fsp3) is 0.276. The van der Waals surface area contributed by atoms with E-state index in [2.05, 4.69) is 26.9 Å². The first-order valence-electron chi connectivity index (χ1n) is 12.3. The Balaban J connectivity index is 0.00000400. The normalized spacial score (nSPS) is 13.6. The number of piperidine rings is 1. The van der Waals surface area contributed by atoms with Crippen molar-refractivity contribution >= 4 is 35.7 Å². The summed E-state index contributed by atoms with van der Waals surface area (Å²) in [6.45, 7) is 2.24. The van der Waals surface area contributed by atoms with Gasteiger partial charge in [0.15, 0.2) is 0 Å². The molecule has 3 aromatic rings. The monoisotopic (exact) mass is 535 g/mol. The van der Waals surface area contributed by atoms with E-state index in [0.29, 0.717) is 35.0 Å². The number of hydrogen-bond acceptors (Lipinski definition) is 4. The van der Waals surface area contributed by atoms with Crippen molar-refractivity contribution in [1.29, 1.82) is 5.26 Å². The van der Waals surface area contributed by atoms with Gasteiger partial charge < -0.3 is 16.0 Å². The Morgan fingerprint density at radius 1 is 1.03 bits per heavy atom. The van der Waals surface area contributed by atoms with Crippen molar-refractivity contribution in [2.45, 2.75) is 25.8 Å². The lowest BCUT2D eigenvalue weighted by atomic mass is 9.90. The Morgan fingerprint density at radius 3 is 2.42 bits per heavy atom. The highest BCUT2D eigenvalue weighted by Crippen LogP contribution is 2.27. The van der Waals surface area contributed by atoms with Crippen molar-refractivity contribution in [2.75, 3.05) is 30.8 Å². The maximum atomic E-state index is 13.2. The highest BCUT2D eigenvalue weighted by atomic mass is 35.5. The third-order valence-electron chi connectivity index (χ3n) is 6.67. The molecular formula is C29H31ClFN5O2. The molecular weight excluding hydrogens is 505 g/mol. The number of benzene rings is 3. The molecule has 0 bridgehead atoms. The zero-order valence-corrected chi connectivity index (χ0v) is 22.0. The number of amides is 3. The van der Waals surface area contributed by atoms with Gasteiger partial charge in [-0.25, -0.2) is 9.18 Å². The minimum Gasteiger partial charge on any atom is -0.355 e. The number of halogens is 2. The molecule has 0 aliphatic carbocycles. The number of nitrogens with zero attached hydrogens (tertiary/aromatic N) is 2. The number of anilines is 2. The maximum Gasteiger partial charge on any atom is 0.323 e. The zero-order chi connectivity index (χ0) is 26.2. The van der Waals surface area contributed by atoms with E-state index >= 15 is 0 Å². The Kier molecular flexibility index (Phi) is 10.2. The molecule has 198 valence electrons. The van der Waals surface area contributed by atoms with Gasteiger partial charge in [0.2, 0.25) is 0 Å². The molecule has 0 aromatic heterocycles. The first kappa shape index (κ1) is 28.6. The van der Waals surface area contributed by atoms with Gasteiger partial charge >= 0.3 is 6.03 Å². The van der Waals surface area contributed by atoms with Crippen LogP contribution in [0.2, 0.25) is 0 Å². The third kappa shape index (κ3) is 7.54. The van der Waals surface area contributed by atoms with E-state index in [1.54, 1.807) is 49.5 Å². The predicted molar refractivity (Wildman–Crippen MR) is 149 cm³/mol. The summed E-state index contributed by atoms with van der Waals surface area (Å²) in [6.07, 6.45) is 2.92. The lowest BCUT2D eigenvalue weighted by Crippen LogP contribution is -2.35. The van der Waals surface area contributed by atoms with E-state index < -0.39 is 6.03 Å². The van der Waals surface area contributed by atoms with E-state index in [0.717, 1.165) is 43.5 Å². The first-order valence-corrected chi connectivity index (χ1v) is 12.3. The minimum atomic E-state index is -0.455. The molecule has 0 spiro atoms. The minimum absolute atomic E-state index is 0. The van der Waals surface area contributed by atoms with Crippen molar-refractivity contribution < 1.29 is 14.0 Å². The standard InChI is InChI=1S/C29H30FN5O2.ClH/c1-32-28(36)25-6-3-7-27(34-29(37)33-24-5-2-4-22(17-24)18-31)26(25)19-35-14-12-21(13-15-35)16-20-8-10-23(30)11-9-20;/h2-11,17,21H,12-16,19H2,1H3,(H,32,36)(H2,33,34,37);1H. The molecule has 0 radical (unpaired) electrons. The van der Waals surface area contributed by atoms with Crippen LogP contribution < -0.4 is 16.0 Å². The zero-order valence-electron chi connectivity index (χ0n) is 21.2. The Hall–Kier alpha value is -3.93. The van der Waals surface area contributed by atoms with Gasteiger partial charge in [-0.15, -0.1) is 12.4 Å². The topological polar surface area (TPSA) is 97.3 Å². The van der Waals surface area contributed by atoms with Crippen LogP contribution >= 0.6 is 12.4 Å². The molecule has 1 aliphatic heterocycles. The summed E-state index contributed by atoms with van der Waals surface area (Å²) in [5.74, 6) is 0.0811. The van der Waals surface area contributed by atoms with E-state index in [-0.39, 0.29) is 24.1 Å². The molecule has 1 aliphatic rings. The van der Waals surface area contributed by atoms with Crippen LogP contribution in [0.15, 0.2) is 66.7 Å². The van der Waals surface area contributed by atoms with Crippen molar-refractivity contribution in [3.05, 3.63) is 94.8 Å². The van der Waals surface area contributed by atoms with E-state index in [1.165, 1.54) is 12.1 Å². The lowest BCUT2D eigenvalue weighted by Gasteiger charge is -2.33. The molecule has 1 heterocycles. The molecule has 0 saturated carbocycles. The summed E-state index contributed by atoms with van der Waals surface area (Å²) in [5, 5.41) is 17.4. The van der Waals surface area contributed by atoms with Crippen LogP contribution in [-0.2, 0) is 13.0 Å². The summed E-state index contributed by atoms with van der Waals surface area (Å²) >= 11 is 0. The number of rotatable bonds is 7. The van der Waals surface area contributed by atoms with Gasteiger partial charge in [0.1, 0.15) is 5.82 Å². The largest absolute Gasteiger partial charge is 0.355 e. The van der Waals surface area contributed by atoms with Gasteiger partial charge in [0.05, 0.1) is 11.6 Å². The van der Waals surface area contributed by atoms with Crippen LogP contribution in [0.5, 0.6) is 0 Å². The first-order chi connectivity index (χ1) is 17.9. The van der Waals surface area contributed by atoms with Gasteiger partial charge in [-0.2, -0.15) is 5.26 Å². The van der Waals surface area contributed by atoms with Gasteiger partial charge in [-0.3, -0.25) is 9.69 Å². The number of likely N-dealkylation sites (tertiary alicyclic amines) is 1. The number of carbonyl (C=O) groups excluding carboxylic acids is 2. The van der Waals surface area contributed by atoms with Crippen LogP contribution in [-0.4, -0.2) is 37.0 Å². The summed E-state index contributed by atoms with van der Waals surface area (Å²) < 4.78 is 13.2. The number of urea groups is 1. The van der Waals surface area contributed by atoms with Gasteiger partial charge in [0, 0.05) is 36.1 Å². The second-order valence-corrected chi connectivity index (χ2v) is 9.23. The van der Waals surface area contributed by atoms with Crippen molar-refractivity contribution in [1.82, 2.24) is 10.2 Å². The molecule has 3 N–H and O–H groups in total. The lowest BCUT2D eigenvalue weighted by molar-refractivity contribution is 0.0960. The van der Waals surface area contributed by atoms with Gasteiger partial charge in [-0.05, 0) is 86.3 Å². The second kappa shape index (κ2) is 13.6. The predicted octanol–water partition coefficient (Wildman–Crippen LogP) is 5.58. The summed E-state index contributed by atoms with van der Waals surface area (Å²) in [6, 6.07) is 20.3. The summed E-state index contributed by atoms with van der Waals surface area (Å²) in [5.41, 5.74) is 3.91. The van der Waals surface area contributed by atoms with Crippen LogP contribution in [0.1, 0.15) is 39.9 Å². The van der Waals surface area contributed by atoms with Crippen LogP contribution in [0.4, 0.5) is 20.6 Å². The number of hydrogen-bond donors (Lipinski definition) is 3. The van der Waals surface area contributed by atoms with E-state index in [1.807, 2.05) is 12.1 Å². The SMILES string of the molecule is CNC(=O)c1cccc(NC(=O)Nc2cccc(C#N)c2)c1CN1CCC(Cc2ccc(F)cc2)CC1.Cl. The Bertz CT molecular complexity index is 1300. The average molecular weight is 536 g/mol. The fourth-order valence-corrected chi connectivity index (χ4v) is 4.70. The van der Waals surface area contributed by atoms with Crippen molar-refractivity contribution in [3.63, 3.8) is 0 Å². The highest BCUT2D eigenvalue weighted by molar-refractivity contribution is 6.02. The van der Waals surface area contributed by atoms with Gasteiger partial charge in [-0.1, -0.05) is 24.3 Å². The van der Waals surface area contributed by atoms with Crippen molar-refractivity contribution in [3.8, 4) is 6.07 Å². The summed E-state index contributed by atoms with van der Waals surface area (Å²) in [4.78, 5) is 27.7. The maximum absolute atomic E-state index is 13.2. The Morgan fingerprint density at radius 2 is 1.74 bits per heavy atom. The molecule has 9 heteroatoms. The number of carbonyl (C=O) groups is 2. The highest BCUT2D eigenvalue weighted by Gasteiger charge is 2.23. The molecule has 1 saturated heterocycles. The van der Waals surface area contributed by atoms with Crippen LogP contribution in [0, 0.1) is 23.1 Å². The summed E-state index contributed by atoms with van der Waals surface area (Å²) in [7, 11) is 1.59. The number of nitrogens with one attached hydrogen (secondary N) is 3. The molecule has 7 nitrogen and oxygen atoms in total. The van der Waals surface area contributed by atoms with Gasteiger partial charge in [0.25, 0.3) is 5.91 Å². The molecule has 0 atom stereocenters. The molecule has 1 fully saturated rings. The van der Waals surface area contributed by atoms with E-state index in [4.69, 9.17) is 5.26 Å². The molecule has 0 unspecified atom stereocenters. The van der Waals surface area contributed by atoms with Crippen LogP contribution in [0.25, 0.3) is 0 Å².